The van der Waals surface area contributed by atoms with Crippen molar-refractivity contribution in [1.82, 2.24) is 10.3 Å². The number of amides is 1. The maximum Gasteiger partial charge on any atom is 0.241 e. The average Bonchev–Trinajstić information content (AvgIpc) is 2.28. The maximum absolute atomic E-state index is 11.3. The highest BCUT2D eigenvalue weighted by atomic mass is 32.1. The second-order valence-corrected chi connectivity index (χ2v) is 3.71. The molecule has 86 valence electrons. The van der Waals surface area contributed by atoms with Crippen LogP contribution in [0.15, 0.2) is 18.5 Å². The molecule has 0 aliphatic heterocycles. The molecule has 1 aromatic rings. The summed E-state index contributed by atoms with van der Waals surface area (Å²) in [5.41, 5.74) is 6.90. The molecule has 1 heterocycles. The molecule has 0 aliphatic rings. The molecule has 1 aromatic heterocycles. The lowest BCUT2D eigenvalue weighted by atomic mass is 10.2. The van der Waals surface area contributed by atoms with Crippen LogP contribution in [0.5, 0.6) is 0 Å². The number of thiocarbonyl (C=S) groups is 1. The van der Waals surface area contributed by atoms with Gasteiger partial charge in [0.05, 0.1) is 11.9 Å². The van der Waals surface area contributed by atoms with E-state index >= 15 is 0 Å². The molecule has 0 spiro atoms. The summed E-state index contributed by atoms with van der Waals surface area (Å²) in [4.78, 5) is 15.6. The molecule has 1 rings (SSSR count). The largest absolute Gasteiger partial charge is 0.389 e. The van der Waals surface area contributed by atoms with Crippen LogP contribution < -0.4 is 16.4 Å². The number of hydrogen-bond acceptors (Lipinski definition) is 4. The Bertz CT molecular complexity index is 408. The lowest BCUT2D eigenvalue weighted by molar-refractivity contribution is -0.121. The van der Waals surface area contributed by atoms with Gasteiger partial charge in [0.1, 0.15) is 11.0 Å². The predicted molar refractivity (Wildman–Crippen MR) is 67.3 cm³/mol. The van der Waals surface area contributed by atoms with Crippen molar-refractivity contribution in [2.24, 2.45) is 5.73 Å². The van der Waals surface area contributed by atoms with E-state index in [4.69, 9.17) is 18.0 Å². The first-order valence-corrected chi connectivity index (χ1v) is 5.19. The normalized spacial score (nSPS) is 11.6. The number of nitrogens with zero attached hydrogens (tertiary/aromatic N) is 1. The van der Waals surface area contributed by atoms with E-state index in [1.54, 1.807) is 32.4 Å². The highest BCUT2D eigenvalue weighted by Gasteiger charge is 2.13. The first-order valence-electron chi connectivity index (χ1n) is 4.78. The predicted octanol–water partition coefficient (Wildman–Crippen LogP) is 0.262. The number of anilines is 1. The van der Waals surface area contributed by atoms with Crippen molar-refractivity contribution in [1.29, 1.82) is 0 Å². The minimum Gasteiger partial charge on any atom is -0.389 e. The molecule has 0 bridgehead atoms. The van der Waals surface area contributed by atoms with E-state index in [0.29, 0.717) is 11.3 Å². The van der Waals surface area contributed by atoms with Crippen molar-refractivity contribution in [2.45, 2.75) is 13.0 Å². The van der Waals surface area contributed by atoms with Crippen LogP contribution in [-0.4, -0.2) is 29.0 Å². The van der Waals surface area contributed by atoms with Gasteiger partial charge in [0.25, 0.3) is 0 Å². The standard InChI is InChI=1S/C10H14N4OS/c1-6(10(15)12-2)14-8-5-13-4-3-7(8)9(11)16/h3-6,14H,1-2H3,(H2,11,16)(H,12,15). The lowest BCUT2D eigenvalue weighted by Gasteiger charge is -2.15. The number of pyridine rings is 1. The minimum atomic E-state index is -0.373. The summed E-state index contributed by atoms with van der Waals surface area (Å²) in [6.45, 7) is 1.75. The third kappa shape index (κ3) is 2.90. The van der Waals surface area contributed by atoms with Gasteiger partial charge in [-0.3, -0.25) is 9.78 Å². The fraction of sp³-hybridized carbons (Fsp3) is 0.300. The van der Waals surface area contributed by atoms with Gasteiger partial charge >= 0.3 is 0 Å². The van der Waals surface area contributed by atoms with Crippen LogP contribution in [-0.2, 0) is 4.79 Å². The Morgan fingerprint density at radius 3 is 2.88 bits per heavy atom. The van der Waals surface area contributed by atoms with Crippen LogP contribution in [0.25, 0.3) is 0 Å². The van der Waals surface area contributed by atoms with E-state index in [2.05, 4.69) is 15.6 Å². The summed E-state index contributed by atoms with van der Waals surface area (Å²) in [5, 5.41) is 5.55. The van der Waals surface area contributed by atoms with Crippen LogP contribution in [0, 0.1) is 0 Å². The number of hydrogen-bond donors (Lipinski definition) is 3. The quantitative estimate of drug-likeness (QED) is 0.656. The molecule has 4 N–H and O–H groups in total. The Hall–Kier alpha value is -1.69. The molecular formula is C10H14N4OS. The summed E-state index contributed by atoms with van der Waals surface area (Å²) in [5.74, 6) is -0.113. The van der Waals surface area contributed by atoms with Crippen LogP contribution in [0.3, 0.4) is 0 Å². The zero-order valence-electron chi connectivity index (χ0n) is 9.15. The van der Waals surface area contributed by atoms with Crippen molar-refractivity contribution >= 4 is 28.8 Å². The first-order chi connectivity index (χ1) is 7.56. The Balaban J connectivity index is 2.88. The van der Waals surface area contributed by atoms with E-state index < -0.39 is 0 Å². The fourth-order valence-corrected chi connectivity index (χ4v) is 1.42. The van der Waals surface area contributed by atoms with Crippen molar-refractivity contribution in [3.8, 4) is 0 Å². The summed E-state index contributed by atoms with van der Waals surface area (Å²) in [6.07, 6.45) is 3.19. The van der Waals surface area contributed by atoms with Crippen molar-refractivity contribution in [3.63, 3.8) is 0 Å². The number of aromatic nitrogens is 1. The molecule has 0 aliphatic carbocycles. The van der Waals surface area contributed by atoms with E-state index in [1.165, 1.54) is 0 Å². The van der Waals surface area contributed by atoms with Gasteiger partial charge in [-0.25, -0.2) is 0 Å². The van der Waals surface area contributed by atoms with Crippen LogP contribution >= 0.6 is 12.2 Å². The van der Waals surface area contributed by atoms with Crippen LogP contribution in [0.1, 0.15) is 12.5 Å². The number of likely N-dealkylation sites (N-methyl/N-ethyl adjacent to an activating group) is 1. The number of nitrogens with two attached hydrogens (primary N) is 1. The highest BCUT2D eigenvalue weighted by Crippen LogP contribution is 2.14. The zero-order chi connectivity index (χ0) is 12.1. The number of carbonyl (C=O) groups excluding carboxylic acids is 1. The molecule has 6 heteroatoms. The van der Waals surface area contributed by atoms with E-state index in [1.807, 2.05) is 0 Å². The molecule has 1 unspecified atom stereocenters. The molecule has 16 heavy (non-hydrogen) atoms. The third-order valence-electron chi connectivity index (χ3n) is 2.10. The van der Waals surface area contributed by atoms with E-state index in [-0.39, 0.29) is 16.9 Å². The molecule has 1 amide bonds. The Morgan fingerprint density at radius 2 is 2.31 bits per heavy atom. The van der Waals surface area contributed by atoms with Crippen molar-refractivity contribution in [2.75, 3.05) is 12.4 Å². The Morgan fingerprint density at radius 1 is 1.62 bits per heavy atom. The van der Waals surface area contributed by atoms with Gasteiger partial charge in [-0.05, 0) is 13.0 Å². The Kier molecular flexibility index (Phi) is 4.19. The second-order valence-electron chi connectivity index (χ2n) is 3.27. The zero-order valence-corrected chi connectivity index (χ0v) is 9.97. The van der Waals surface area contributed by atoms with Crippen LogP contribution in [0.2, 0.25) is 0 Å². The molecule has 0 radical (unpaired) electrons. The lowest BCUT2D eigenvalue weighted by Crippen LogP contribution is -2.35. The van der Waals surface area contributed by atoms with Gasteiger partial charge in [0, 0.05) is 18.8 Å². The molecule has 0 aromatic carbocycles. The third-order valence-corrected chi connectivity index (χ3v) is 2.32. The highest BCUT2D eigenvalue weighted by molar-refractivity contribution is 7.80. The summed E-state index contributed by atoms with van der Waals surface area (Å²) in [6, 6.07) is 1.34. The van der Waals surface area contributed by atoms with Gasteiger partial charge in [-0.15, -0.1) is 0 Å². The molecule has 0 fully saturated rings. The smallest absolute Gasteiger partial charge is 0.241 e. The number of nitrogens with one attached hydrogen (secondary N) is 2. The first kappa shape index (κ1) is 12.4. The van der Waals surface area contributed by atoms with Gasteiger partial charge in [0.2, 0.25) is 5.91 Å². The number of rotatable bonds is 4. The van der Waals surface area contributed by atoms with E-state index in [0.717, 1.165) is 0 Å². The second kappa shape index (κ2) is 5.41. The maximum atomic E-state index is 11.3. The topological polar surface area (TPSA) is 80.0 Å². The summed E-state index contributed by atoms with van der Waals surface area (Å²) < 4.78 is 0. The van der Waals surface area contributed by atoms with Gasteiger partial charge in [-0.1, -0.05) is 12.2 Å². The fourth-order valence-electron chi connectivity index (χ4n) is 1.24. The van der Waals surface area contributed by atoms with Crippen molar-refractivity contribution < 1.29 is 4.79 Å². The van der Waals surface area contributed by atoms with E-state index in [9.17, 15) is 4.79 Å². The summed E-state index contributed by atoms with van der Waals surface area (Å²) >= 11 is 4.91. The average molecular weight is 238 g/mol. The van der Waals surface area contributed by atoms with Gasteiger partial charge < -0.3 is 16.4 Å². The van der Waals surface area contributed by atoms with Crippen LogP contribution in [0.4, 0.5) is 5.69 Å². The molecule has 5 nitrogen and oxygen atoms in total. The van der Waals surface area contributed by atoms with Gasteiger partial charge in [-0.2, -0.15) is 0 Å². The molecular weight excluding hydrogens is 224 g/mol. The number of carbonyl (C=O) groups is 1. The molecule has 1 atom stereocenters. The minimum absolute atomic E-state index is 0.113. The van der Waals surface area contributed by atoms with Crippen molar-refractivity contribution in [3.05, 3.63) is 24.0 Å². The van der Waals surface area contributed by atoms with Gasteiger partial charge in [0.15, 0.2) is 0 Å². The summed E-state index contributed by atoms with van der Waals surface area (Å²) in [7, 11) is 1.58. The monoisotopic (exact) mass is 238 g/mol. The molecule has 0 saturated carbocycles. The Labute approximate surface area is 99.4 Å². The SMILES string of the molecule is CNC(=O)C(C)Nc1cnccc1C(N)=S. The molecule has 0 saturated heterocycles.